The predicted octanol–water partition coefficient (Wildman–Crippen LogP) is 4.72. The van der Waals surface area contributed by atoms with Crippen molar-refractivity contribution in [2.75, 3.05) is 11.9 Å². The number of benzene rings is 1. The third-order valence-corrected chi connectivity index (χ3v) is 5.62. The number of hydrogen-bond acceptors (Lipinski definition) is 5. The van der Waals surface area contributed by atoms with E-state index in [2.05, 4.69) is 10.3 Å². The molecule has 2 aromatic rings. The smallest absolute Gasteiger partial charge is 0.306 e. The third-order valence-electron chi connectivity index (χ3n) is 4.95. The molecule has 0 radical (unpaired) electrons. The monoisotopic (exact) mass is 448 g/mol. The maximum Gasteiger partial charge on any atom is 0.306 e. The highest BCUT2D eigenvalue weighted by molar-refractivity contribution is 6.36. The average Bonchev–Trinajstić information content (AvgIpc) is 2.74. The van der Waals surface area contributed by atoms with Crippen LogP contribution in [-0.4, -0.2) is 29.3 Å². The van der Waals surface area contributed by atoms with Crippen molar-refractivity contribution in [3.05, 3.63) is 56.7 Å². The normalized spacial score (nSPS) is 12.8. The molecule has 1 heterocycles. The number of fused-ring (bicyclic) bond motifs is 1. The number of esters is 1. The maximum atomic E-state index is 12.4. The highest BCUT2D eigenvalue weighted by Crippen LogP contribution is 2.25. The fraction of sp³-hybridized carbons (Fsp3) is 0.364. The molecule has 1 N–H and O–H groups in total. The first-order chi connectivity index (χ1) is 14.3. The Balaban J connectivity index is 1.45. The number of aryl methyl sites for hydroxylation is 3. The van der Waals surface area contributed by atoms with Crippen LogP contribution >= 0.6 is 23.2 Å². The van der Waals surface area contributed by atoms with Gasteiger partial charge in [0.15, 0.2) is 18.2 Å². The Morgan fingerprint density at radius 2 is 1.77 bits per heavy atom. The van der Waals surface area contributed by atoms with Crippen molar-refractivity contribution in [3.8, 4) is 0 Å². The number of nitrogens with zero attached hydrogens (tertiary/aromatic N) is 1. The molecule has 1 aliphatic carbocycles. The summed E-state index contributed by atoms with van der Waals surface area (Å²) in [6.45, 7) is 1.18. The van der Waals surface area contributed by atoms with Gasteiger partial charge in [0.1, 0.15) is 0 Å². The second-order valence-corrected chi connectivity index (χ2v) is 8.02. The zero-order valence-corrected chi connectivity index (χ0v) is 18.1. The van der Waals surface area contributed by atoms with Crippen LogP contribution in [0.25, 0.3) is 0 Å². The zero-order chi connectivity index (χ0) is 21.7. The number of halogens is 2. The number of hydrogen-bond donors (Lipinski definition) is 1. The van der Waals surface area contributed by atoms with Crippen LogP contribution in [0.4, 0.5) is 5.82 Å². The Kier molecular flexibility index (Phi) is 7.45. The number of Topliss-reactive ketones (excluding diaryl/α,β-unsaturated/α-hetero) is 1. The third kappa shape index (κ3) is 5.80. The largest absolute Gasteiger partial charge is 0.456 e. The van der Waals surface area contributed by atoms with Gasteiger partial charge in [0.25, 0.3) is 5.91 Å². The van der Waals surface area contributed by atoms with Crippen LogP contribution in [-0.2, 0) is 27.2 Å². The molecular weight excluding hydrogens is 427 g/mol. The molecule has 0 bridgehead atoms. The minimum absolute atomic E-state index is 0.0308. The van der Waals surface area contributed by atoms with E-state index >= 15 is 0 Å². The number of nitrogens with one attached hydrogen (secondary N) is 1. The first-order valence-corrected chi connectivity index (χ1v) is 10.5. The Labute approximate surface area is 184 Å². The van der Waals surface area contributed by atoms with Crippen molar-refractivity contribution in [2.45, 2.75) is 45.4 Å². The van der Waals surface area contributed by atoms with E-state index < -0.39 is 18.5 Å². The van der Waals surface area contributed by atoms with E-state index in [-0.39, 0.29) is 29.5 Å². The molecule has 0 atom stereocenters. The van der Waals surface area contributed by atoms with Gasteiger partial charge in [-0.15, -0.1) is 0 Å². The van der Waals surface area contributed by atoms with Crippen LogP contribution in [0.15, 0.2) is 24.3 Å². The summed E-state index contributed by atoms with van der Waals surface area (Å²) in [5, 5.41) is 3.03. The minimum Gasteiger partial charge on any atom is -0.456 e. The van der Waals surface area contributed by atoms with E-state index in [4.69, 9.17) is 27.9 Å². The Morgan fingerprint density at radius 3 is 2.53 bits per heavy atom. The second-order valence-electron chi connectivity index (χ2n) is 7.21. The fourth-order valence-electron chi connectivity index (χ4n) is 3.30. The summed E-state index contributed by atoms with van der Waals surface area (Å²) < 4.78 is 4.95. The Morgan fingerprint density at radius 1 is 1.03 bits per heavy atom. The molecule has 8 heteroatoms. The van der Waals surface area contributed by atoms with Gasteiger partial charge in [-0.2, -0.15) is 0 Å². The molecule has 158 valence electrons. The Hall–Kier alpha value is -2.44. The van der Waals surface area contributed by atoms with Crippen LogP contribution in [0.2, 0.25) is 10.0 Å². The lowest BCUT2D eigenvalue weighted by Crippen LogP contribution is -2.22. The van der Waals surface area contributed by atoms with Crippen LogP contribution in [0.3, 0.4) is 0 Å². The lowest BCUT2D eigenvalue weighted by Gasteiger charge is -2.16. The van der Waals surface area contributed by atoms with Gasteiger partial charge in [0, 0.05) is 12.0 Å². The van der Waals surface area contributed by atoms with Crippen molar-refractivity contribution < 1.29 is 19.1 Å². The van der Waals surface area contributed by atoms with Gasteiger partial charge in [-0.25, -0.2) is 4.98 Å². The highest BCUT2D eigenvalue weighted by atomic mass is 35.5. The molecule has 1 aromatic heterocycles. The van der Waals surface area contributed by atoms with E-state index in [0.717, 1.165) is 19.3 Å². The summed E-state index contributed by atoms with van der Waals surface area (Å²) in [7, 11) is 0. The molecule has 0 saturated heterocycles. The van der Waals surface area contributed by atoms with Gasteiger partial charge < -0.3 is 10.1 Å². The number of pyridine rings is 1. The van der Waals surface area contributed by atoms with Gasteiger partial charge >= 0.3 is 5.97 Å². The quantitative estimate of drug-likeness (QED) is 0.489. The second kappa shape index (κ2) is 10.0. The maximum absolute atomic E-state index is 12.4. The standard InChI is InChI=1S/C22H22Cl2N2O4/c1-13-17(23)11-18(24)22(25-13)26-20(28)12-30-21(29)9-8-19(27)16-7-6-14-4-2-3-5-15(14)10-16/h6-7,10-11H,2-5,8-9,12H2,1H3,(H,25,26,28). The molecule has 30 heavy (non-hydrogen) atoms. The molecule has 0 saturated carbocycles. The van der Waals surface area contributed by atoms with Gasteiger partial charge in [-0.1, -0.05) is 35.3 Å². The molecule has 0 aliphatic heterocycles. The van der Waals surface area contributed by atoms with Crippen LogP contribution in [0.5, 0.6) is 0 Å². The van der Waals surface area contributed by atoms with Crippen molar-refractivity contribution in [3.63, 3.8) is 0 Å². The number of carbonyl (C=O) groups excluding carboxylic acids is 3. The van der Waals surface area contributed by atoms with E-state index in [9.17, 15) is 14.4 Å². The molecule has 0 spiro atoms. The number of aromatic nitrogens is 1. The van der Waals surface area contributed by atoms with Gasteiger partial charge in [-0.3, -0.25) is 14.4 Å². The van der Waals surface area contributed by atoms with E-state index in [1.165, 1.54) is 23.6 Å². The highest BCUT2D eigenvalue weighted by Gasteiger charge is 2.16. The number of ketones is 1. The first kappa shape index (κ1) is 22.2. The van der Waals surface area contributed by atoms with Gasteiger partial charge in [0.05, 0.1) is 22.2 Å². The number of amides is 1. The molecule has 6 nitrogen and oxygen atoms in total. The molecule has 0 unspecified atom stereocenters. The van der Waals surface area contributed by atoms with Crippen molar-refractivity contribution in [1.29, 1.82) is 0 Å². The summed E-state index contributed by atoms with van der Waals surface area (Å²) in [6, 6.07) is 7.22. The van der Waals surface area contributed by atoms with Gasteiger partial charge in [-0.05, 0) is 55.9 Å². The summed E-state index contributed by atoms with van der Waals surface area (Å²) in [5.74, 6) is -1.18. The number of ether oxygens (including phenoxy) is 1. The number of anilines is 1. The fourth-order valence-corrected chi connectivity index (χ4v) is 3.71. The lowest BCUT2D eigenvalue weighted by atomic mass is 9.89. The van der Waals surface area contributed by atoms with Crippen molar-refractivity contribution >= 4 is 46.7 Å². The number of rotatable bonds is 7. The van der Waals surface area contributed by atoms with Crippen molar-refractivity contribution in [2.24, 2.45) is 0 Å². The Bertz CT molecular complexity index is 991. The summed E-state index contributed by atoms with van der Waals surface area (Å²) in [4.78, 5) is 40.4. The molecule has 1 aliphatic rings. The van der Waals surface area contributed by atoms with Crippen LogP contribution in [0.1, 0.15) is 52.9 Å². The lowest BCUT2D eigenvalue weighted by molar-refractivity contribution is -0.147. The van der Waals surface area contributed by atoms with Crippen molar-refractivity contribution in [1.82, 2.24) is 4.98 Å². The molecule has 1 amide bonds. The summed E-state index contributed by atoms with van der Waals surface area (Å²) in [5.41, 5.74) is 3.64. The van der Waals surface area contributed by atoms with E-state index in [1.807, 2.05) is 18.2 Å². The van der Waals surface area contributed by atoms with E-state index in [1.54, 1.807) is 6.92 Å². The molecular formula is C22H22Cl2N2O4. The molecule has 1 aromatic carbocycles. The van der Waals surface area contributed by atoms with Gasteiger partial charge in [0.2, 0.25) is 0 Å². The summed E-state index contributed by atoms with van der Waals surface area (Å²) in [6.07, 6.45) is 4.29. The minimum atomic E-state index is -0.622. The number of carbonyl (C=O) groups is 3. The van der Waals surface area contributed by atoms with Crippen LogP contribution < -0.4 is 5.32 Å². The predicted molar refractivity (Wildman–Crippen MR) is 115 cm³/mol. The zero-order valence-electron chi connectivity index (χ0n) is 16.6. The average molecular weight is 449 g/mol. The SMILES string of the molecule is Cc1nc(NC(=O)COC(=O)CCC(=O)c2ccc3c(c2)CCCC3)c(Cl)cc1Cl. The summed E-state index contributed by atoms with van der Waals surface area (Å²) >= 11 is 11.9. The molecule has 0 fully saturated rings. The topological polar surface area (TPSA) is 85.4 Å². The van der Waals surface area contributed by atoms with E-state index in [0.29, 0.717) is 16.3 Å². The molecule has 3 rings (SSSR count). The van der Waals surface area contributed by atoms with Crippen LogP contribution in [0, 0.1) is 6.92 Å². The first-order valence-electron chi connectivity index (χ1n) is 9.76.